The van der Waals surface area contributed by atoms with Gasteiger partial charge in [-0.05, 0) is 30.7 Å². The lowest BCUT2D eigenvalue weighted by molar-refractivity contribution is -0.124. The molecule has 0 aliphatic carbocycles. The highest BCUT2D eigenvalue weighted by molar-refractivity contribution is 6.33. The molecule has 0 heterocycles. The monoisotopic (exact) mass is 335 g/mol. The SMILES string of the molecule is CC(NC(=O)COC(=O)c1ccc(F)cc1Cl)c1ccccc1. The lowest BCUT2D eigenvalue weighted by Crippen LogP contribution is -2.31. The van der Waals surface area contributed by atoms with E-state index in [2.05, 4.69) is 5.32 Å². The number of rotatable bonds is 5. The van der Waals surface area contributed by atoms with Gasteiger partial charge in [-0.1, -0.05) is 41.9 Å². The summed E-state index contributed by atoms with van der Waals surface area (Å²) in [6, 6.07) is 12.5. The van der Waals surface area contributed by atoms with Gasteiger partial charge < -0.3 is 10.1 Å². The van der Waals surface area contributed by atoms with Crippen molar-refractivity contribution < 1.29 is 18.7 Å². The summed E-state index contributed by atoms with van der Waals surface area (Å²) >= 11 is 5.76. The number of ether oxygens (including phenoxy) is 1. The summed E-state index contributed by atoms with van der Waals surface area (Å²) in [4.78, 5) is 23.6. The van der Waals surface area contributed by atoms with Crippen LogP contribution in [0.1, 0.15) is 28.9 Å². The first-order chi connectivity index (χ1) is 11.0. The second-order valence-corrected chi connectivity index (χ2v) is 5.31. The highest BCUT2D eigenvalue weighted by Crippen LogP contribution is 2.18. The van der Waals surface area contributed by atoms with Crippen molar-refractivity contribution in [2.24, 2.45) is 0 Å². The predicted octanol–water partition coefficient (Wildman–Crippen LogP) is 3.51. The van der Waals surface area contributed by atoms with E-state index in [0.717, 1.165) is 17.7 Å². The molecule has 2 aromatic carbocycles. The Kier molecular flexibility index (Phi) is 5.71. The van der Waals surface area contributed by atoms with Crippen LogP contribution in [-0.4, -0.2) is 18.5 Å². The zero-order valence-corrected chi connectivity index (χ0v) is 13.1. The van der Waals surface area contributed by atoms with Crippen LogP contribution in [0.25, 0.3) is 0 Å². The topological polar surface area (TPSA) is 55.4 Å². The van der Waals surface area contributed by atoms with Crippen LogP contribution in [-0.2, 0) is 9.53 Å². The number of halogens is 2. The van der Waals surface area contributed by atoms with E-state index in [0.29, 0.717) is 0 Å². The van der Waals surface area contributed by atoms with Crippen LogP contribution in [0.3, 0.4) is 0 Å². The van der Waals surface area contributed by atoms with Crippen LogP contribution in [0.5, 0.6) is 0 Å². The fraction of sp³-hybridized carbons (Fsp3) is 0.176. The molecule has 0 saturated carbocycles. The van der Waals surface area contributed by atoms with Crippen molar-refractivity contribution in [2.75, 3.05) is 6.61 Å². The molecule has 0 aromatic heterocycles. The third kappa shape index (κ3) is 4.79. The van der Waals surface area contributed by atoms with Crippen molar-refractivity contribution in [2.45, 2.75) is 13.0 Å². The Balaban J connectivity index is 1.88. The van der Waals surface area contributed by atoms with Crippen molar-refractivity contribution in [1.82, 2.24) is 5.32 Å². The number of benzene rings is 2. The number of esters is 1. The van der Waals surface area contributed by atoms with Crippen molar-refractivity contribution >= 4 is 23.5 Å². The van der Waals surface area contributed by atoms with Crippen molar-refractivity contribution in [1.29, 1.82) is 0 Å². The molecule has 4 nitrogen and oxygen atoms in total. The number of hydrogen-bond donors (Lipinski definition) is 1. The molecule has 6 heteroatoms. The first kappa shape index (κ1) is 17.0. The third-order valence-corrected chi connectivity index (χ3v) is 3.48. The Morgan fingerprint density at radius 3 is 2.57 bits per heavy atom. The van der Waals surface area contributed by atoms with Gasteiger partial charge in [0.15, 0.2) is 6.61 Å². The van der Waals surface area contributed by atoms with E-state index >= 15 is 0 Å². The third-order valence-electron chi connectivity index (χ3n) is 3.16. The fourth-order valence-electron chi connectivity index (χ4n) is 1.97. The molecule has 1 unspecified atom stereocenters. The van der Waals surface area contributed by atoms with Crippen molar-refractivity contribution in [3.05, 3.63) is 70.5 Å². The highest BCUT2D eigenvalue weighted by Gasteiger charge is 2.15. The Hall–Kier alpha value is -2.40. The maximum absolute atomic E-state index is 12.9. The molecule has 2 rings (SSSR count). The van der Waals surface area contributed by atoms with E-state index in [4.69, 9.17) is 16.3 Å². The lowest BCUT2D eigenvalue weighted by atomic mass is 10.1. The summed E-state index contributed by atoms with van der Waals surface area (Å²) < 4.78 is 17.8. The molecule has 1 atom stereocenters. The number of nitrogens with one attached hydrogen (secondary N) is 1. The van der Waals surface area contributed by atoms with Gasteiger partial charge >= 0.3 is 5.97 Å². The van der Waals surface area contributed by atoms with Crippen molar-refractivity contribution in [3.63, 3.8) is 0 Å². The standard InChI is InChI=1S/C17H15ClFNO3/c1-11(12-5-3-2-4-6-12)20-16(21)10-23-17(22)14-8-7-13(19)9-15(14)18/h2-9,11H,10H2,1H3,(H,20,21). The van der Waals surface area contributed by atoms with E-state index in [9.17, 15) is 14.0 Å². The minimum atomic E-state index is -0.780. The number of carbonyl (C=O) groups is 2. The number of hydrogen-bond acceptors (Lipinski definition) is 3. The van der Waals surface area contributed by atoms with Gasteiger partial charge in [0.25, 0.3) is 5.91 Å². The predicted molar refractivity (Wildman–Crippen MR) is 84.7 cm³/mol. The summed E-state index contributed by atoms with van der Waals surface area (Å²) in [5.41, 5.74) is 0.950. The van der Waals surface area contributed by atoms with Gasteiger partial charge in [0.05, 0.1) is 16.6 Å². The average molecular weight is 336 g/mol. The Bertz CT molecular complexity index is 706. The van der Waals surface area contributed by atoms with Gasteiger partial charge in [0.1, 0.15) is 5.82 Å². The van der Waals surface area contributed by atoms with E-state index in [-0.39, 0.29) is 16.6 Å². The quantitative estimate of drug-likeness (QED) is 0.851. The lowest BCUT2D eigenvalue weighted by Gasteiger charge is -2.14. The van der Waals surface area contributed by atoms with Crippen LogP contribution in [0.15, 0.2) is 48.5 Å². The van der Waals surface area contributed by atoms with Crippen LogP contribution in [0, 0.1) is 5.82 Å². The minimum Gasteiger partial charge on any atom is -0.452 e. The Labute approximate surface area is 138 Å². The molecule has 23 heavy (non-hydrogen) atoms. The van der Waals surface area contributed by atoms with Gasteiger partial charge in [0, 0.05) is 0 Å². The molecule has 1 N–H and O–H groups in total. The summed E-state index contributed by atoms with van der Waals surface area (Å²) in [5.74, 6) is -1.77. The largest absolute Gasteiger partial charge is 0.452 e. The average Bonchev–Trinajstić information content (AvgIpc) is 2.53. The molecule has 0 fully saturated rings. The van der Waals surface area contributed by atoms with Gasteiger partial charge in [-0.25, -0.2) is 9.18 Å². The molecule has 0 radical (unpaired) electrons. The molecular weight excluding hydrogens is 321 g/mol. The van der Waals surface area contributed by atoms with E-state index in [1.807, 2.05) is 37.3 Å². The van der Waals surface area contributed by atoms with E-state index in [1.165, 1.54) is 6.07 Å². The van der Waals surface area contributed by atoms with Crippen LogP contribution < -0.4 is 5.32 Å². The van der Waals surface area contributed by atoms with E-state index in [1.54, 1.807) is 0 Å². The van der Waals surface area contributed by atoms with Gasteiger partial charge in [-0.2, -0.15) is 0 Å². The Morgan fingerprint density at radius 1 is 1.22 bits per heavy atom. The maximum atomic E-state index is 12.9. The molecular formula is C17H15ClFNO3. The van der Waals surface area contributed by atoms with Crippen LogP contribution >= 0.6 is 11.6 Å². The molecule has 0 bridgehead atoms. The normalized spacial score (nSPS) is 11.6. The molecule has 0 saturated heterocycles. The van der Waals surface area contributed by atoms with Crippen molar-refractivity contribution in [3.8, 4) is 0 Å². The zero-order valence-electron chi connectivity index (χ0n) is 12.4. The van der Waals surface area contributed by atoms with Crippen LogP contribution in [0.2, 0.25) is 5.02 Å². The molecule has 0 spiro atoms. The Morgan fingerprint density at radius 2 is 1.91 bits per heavy atom. The summed E-state index contributed by atoms with van der Waals surface area (Å²) in [6.07, 6.45) is 0. The zero-order chi connectivity index (χ0) is 16.8. The highest BCUT2D eigenvalue weighted by atomic mass is 35.5. The second kappa shape index (κ2) is 7.74. The van der Waals surface area contributed by atoms with Gasteiger partial charge in [0.2, 0.25) is 0 Å². The molecule has 2 aromatic rings. The summed E-state index contributed by atoms with van der Waals surface area (Å²) in [5, 5.41) is 2.66. The molecule has 0 aliphatic heterocycles. The molecule has 1 amide bonds. The molecule has 120 valence electrons. The first-order valence-electron chi connectivity index (χ1n) is 6.94. The number of carbonyl (C=O) groups excluding carboxylic acids is 2. The summed E-state index contributed by atoms with van der Waals surface area (Å²) in [7, 11) is 0. The first-order valence-corrected chi connectivity index (χ1v) is 7.31. The van der Waals surface area contributed by atoms with Gasteiger partial charge in [-0.3, -0.25) is 4.79 Å². The summed E-state index contributed by atoms with van der Waals surface area (Å²) in [6.45, 7) is 1.38. The number of amides is 1. The van der Waals surface area contributed by atoms with Crippen LogP contribution in [0.4, 0.5) is 4.39 Å². The smallest absolute Gasteiger partial charge is 0.340 e. The van der Waals surface area contributed by atoms with E-state index < -0.39 is 24.3 Å². The van der Waals surface area contributed by atoms with Gasteiger partial charge in [-0.15, -0.1) is 0 Å². The molecule has 0 aliphatic rings. The second-order valence-electron chi connectivity index (χ2n) is 4.90. The maximum Gasteiger partial charge on any atom is 0.340 e. The fourth-order valence-corrected chi connectivity index (χ4v) is 2.22. The minimum absolute atomic E-state index is 0.0111.